The molecule has 0 bridgehead atoms. The number of nitrogens with zero attached hydrogens (tertiary/aromatic N) is 1. The van der Waals surface area contributed by atoms with Crippen molar-refractivity contribution < 1.29 is 9.90 Å². The number of hydrogen-bond acceptors (Lipinski definition) is 3. The number of carbonyl (C=O) groups excluding carboxylic acids is 1. The van der Waals surface area contributed by atoms with Gasteiger partial charge >= 0.3 is 0 Å². The van der Waals surface area contributed by atoms with E-state index in [1.807, 2.05) is 6.07 Å². The first-order valence-corrected chi connectivity index (χ1v) is 7.00. The van der Waals surface area contributed by atoms with E-state index < -0.39 is 0 Å². The zero-order valence-corrected chi connectivity index (χ0v) is 12.1. The van der Waals surface area contributed by atoms with E-state index in [0.29, 0.717) is 24.1 Å². The predicted octanol–water partition coefficient (Wildman–Crippen LogP) is 2.48. The lowest BCUT2D eigenvalue weighted by atomic mass is 9.79. The van der Waals surface area contributed by atoms with Crippen molar-refractivity contribution in [1.29, 1.82) is 5.26 Å². The molecule has 1 amide bonds. The first kappa shape index (κ1) is 16.2. The fraction of sp³-hybridized carbons (Fsp3) is 0.500. The average Bonchev–Trinajstić information content (AvgIpc) is 2.51. The third kappa shape index (κ3) is 3.82. The lowest BCUT2D eigenvalue weighted by molar-refractivity contribution is 0.0907. The number of carbonyl (C=O) groups is 1. The molecule has 0 saturated carbocycles. The van der Waals surface area contributed by atoms with Crippen LogP contribution in [0.5, 0.6) is 0 Å². The van der Waals surface area contributed by atoms with E-state index in [2.05, 4.69) is 19.2 Å². The summed E-state index contributed by atoms with van der Waals surface area (Å²) in [5.74, 6) is -0.230. The fourth-order valence-corrected chi connectivity index (χ4v) is 2.32. The summed E-state index contributed by atoms with van der Waals surface area (Å²) in [4.78, 5) is 12.2. The third-order valence-corrected chi connectivity index (χ3v) is 4.06. The van der Waals surface area contributed by atoms with Crippen LogP contribution in [0.2, 0.25) is 0 Å². The van der Waals surface area contributed by atoms with Crippen LogP contribution in [0.1, 0.15) is 49.0 Å². The van der Waals surface area contributed by atoms with Gasteiger partial charge in [0.25, 0.3) is 5.91 Å². The summed E-state index contributed by atoms with van der Waals surface area (Å²) in [6.07, 6.45) is 2.45. The van der Waals surface area contributed by atoms with E-state index in [4.69, 9.17) is 5.26 Å². The highest BCUT2D eigenvalue weighted by Crippen LogP contribution is 2.29. The second-order valence-electron chi connectivity index (χ2n) is 5.02. The minimum atomic E-state index is -0.230. The number of aliphatic hydroxyl groups is 1. The van der Waals surface area contributed by atoms with Crippen LogP contribution in [0.15, 0.2) is 24.3 Å². The Morgan fingerprint density at radius 2 is 2.00 bits per heavy atom. The summed E-state index contributed by atoms with van der Waals surface area (Å²) in [5, 5.41) is 21.1. The molecule has 0 unspecified atom stereocenters. The van der Waals surface area contributed by atoms with Crippen molar-refractivity contribution in [3.8, 4) is 6.07 Å². The van der Waals surface area contributed by atoms with E-state index >= 15 is 0 Å². The van der Waals surface area contributed by atoms with Crippen LogP contribution in [0, 0.1) is 16.7 Å². The van der Waals surface area contributed by atoms with Crippen molar-refractivity contribution in [3.05, 3.63) is 35.4 Å². The lowest BCUT2D eigenvalue weighted by Crippen LogP contribution is -2.37. The Morgan fingerprint density at radius 3 is 2.55 bits per heavy atom. The molecule has 0 aliphatic heterocycles. The minimum absolute atomic E-state index is 0.0774. The predicted molar refractivity (Wildman–Crippen MR) is 78.2 cm³/mol. The van der Waals surface area contributed by atoms with Crippen molar-refractivity contribution in [2.45, 2.75) is 33.1 Å². The molecule has 0 heterocycles. The molecular formula is C16H22N2O2. The standard InChI is InChI=1S/C16H22N2O2/c1-3-16(4-2,9-10-19)12-18-15(20)14-8-6-5-7-13(14)11-17/h5-8,19H,3-4,9-10,12H2,1-2H3,(H,18,20). The SMILES string of the molecule is CCC(CC)(CCO)CNC(=O)c1ccccc1C#N. The van der Waals surface area contributed by atoms with Gasteiger partial charge in [-0.05, 0) is 36.8 Å². The Bertz CT molecular complexity index is 487. The summed E-state index contributed by atoms with van der Waals surface area (Å²) in [5.41, 5.74) is 0.706. The van der Waals surface area contributed by atoms with Crippen LogP contribution in [0.3, 0.4) is 0 Å². The van der Waals surface area contributed by atoms with E-state index in [1.54, 1.807) is 24.3 Å². The normalized spacial score (nSPS) is 10.9. The van der Waals surface area contributed by atoms with Crippen molar-refractivity contribution in [3.63, 3.8) is 0 Å². The molecule has 1 aromatic carbocycles. The molecule has 0 spiro atoms. The highest BCUT2D eigenvalue weighted by molar-refractivity contribution is 5.96. The van der Waals surface area contributed by atoms with Gasteiger partial charge in [-0.2, -0.15) is 5.26 Å². The van der Waals surface area contributed by atoms with Crippen molar-refractivity contribution >= 4 is 5.91 Å². The summed E-state index contributed by atoms with van der Waals surface area (Å²) >= 11 is 0. The number of rotatable bonds is 7. The van der Waals surface area contributed by atoms with Gasteiger partial charge in [-0.1, -0.05) is 26.0 Å². The molecule has 1 aromatic rings. The fourth-order valence-electron chi connectivity index (χ4n) is 2.32. The number of nitrogens with one attached hydrogen (secondary N) is 1. The van der Waals surface area contributed by atoms with Crippen LogP contribution in [0.4, 0.5) is 0 Å². The first-order valence-electron chi connectivity index (χ1n) is 7.00. The molecule has 4 nitrogen and oxygen atoms in total. The molecule has 0 radical (unpaired) electrons. The summed E-state index contributed by atoms with van der Waals surface area (Å²) in [6, 6.07) is 8.80. The molecule has 0 fully saturated rings. The van der Waals surface area contributed by atoms with Crippen LogP contribution in [-0.4, -0.2) is 24.2 Å². The zero-order chi connectivity index (χ0) is 15.0. The Labute approximate surface area is 120 Å². The Morgan fingerprint density at radius 1 is 1.35 bits per heavy atom. The molecule has 2 N–H and O–H groups in total. The lowest BCUT2D eigenvalue weighted by Gasteiger charge is -2.31. The summed E-state index contributed by atoms with van der Waals surface area (Å²) < 4.78 is 0. The van der Waals surface area contributed by atoms with E-state index in [1.165, 1.54) is 0 Å². The van der Waals surface area contributed by atoms with Gasteiger partial charge < -0.3 is 10.4 Å². The van der Waals surface area contributed by atoms with Crippen LogP contribution < -0.4 is 5.32 Å². The van der Waals surface area contributed by atoms with Gasteiger partial charge in [-0.3, -0.25) is 4.79 Å². The Balaban J connectivity index is 2.78. The number of nitriles is 1. The van der Waals surface area contributed by atoms with Crippen molar-refractivity contribution in [1.82, 2.24) is 5.32 Å². The maximum Gasteiger partial charge on any atom is 0.252 e. The van der Waals surface area contributed by atoms with Gasteiger partial charge in [0.05, 0.1) is 17.2 Å². The maximum absolute atomic E-state index is 12.2. The highest BCUT2D eigenvalue weighted by Gasteiger charge is 2.26. The Kier molecular flexibility index (Phi) is 6.20. The number of aliphatic hydroxyl groups excluding tert-OH is 1. The second kappa shape index (κ2) is 7.66. The van der Waals surface area contributed by atoms with Gasteiger partial charge in [-0.25, -0.2) is 0 Å². The van der Waals surface area contributed by atoms with Crippen LogP contribution >= 0.6 is 0 Å². The molecule has 4 heteroatoms. The molecular weight excluding hydrogens is 252 g/mol. The van der Waals surface area contributed by atoms with Gasteiger partial charge in [0.1, 0.15) is 0 Å². The van der Waals surface area contributed by atoms with Crippen LogP contribution in [-0.2, 0) is 0 Å². The summed E-state index contributed by atoms with van der Waals surface area (Å²) in [6.45, 7) is 4.76. The smallest absolute Gasteiger partial charge is 0.252 e. The third-order valence-electron chi connectivity index (χ3n) is 4.06. The van der Waals surface area contributed by atoms with Gasteiger partial charge in [0.15, 0.2) is 0 Å². The molecule has 0 atom stereocenters. The van der Waals surface area contributed by atoms with E-state index in [9.17, 15) is 9.90 Å². The molecule has 1 rings (SSSR count). The van der Waals surface area contributed by atoms with E-state index in [0.717, 1.165) is 12.8 Å². The topological polar surface area (TPSA) is 73.1 Å². The van der Waals surface area contributed by atoms with Crippen LogP contribution in [0.25, 0.3) is 0 Å². The first-order chi connectivity index (χ1) is 9.62. The molecule has 108 valence electrons. The van der Waals surface area contributed by atoms with Gasteiger partial charge in [0, 0.05) is 13.2 Å². The average molecular weight is 274 g/mol. The van der Waals surface area contributed by atoms with E-state index in [-0.39, 0.29) is 17.9 Å². The minimum Gasteiger partial charge on any atom is -0.396 e. The number of benzene rings is 1. The second-order valence-corrected chi connectivity index (χ2v) is 5.02. The monoisotopic (exact) mass is 274 g/mol. The number of amides is 1. The van der Waals surface area contributed by atoms with Gasteiger partial charge in [-0.15, -0.1) is 0 Å². The molecule has 0 saturated heterocycles. The largest absolute Gasteiger partial charge is 0.396 e. The van der Waals surface area contributed by atoms with Crippen molar-refractivity contribution in [2.75, 3.05) is 13.2 Å². The molecule has 0 aliphatic carbocycles. The molecule has 20 heavy (non-hydrogen) atoms. The summed E-state index contributed by atoms with van der Waals surface area (Å²) in [7, 11) is 0. The quantitative estimate of drug-likeness (QED) is 0.802. The molecule has 0 aromatic heterocycles. The maximum atomic E-state index is 12.2. The molecule has 0 aliphatic rings. The highest BCUT2D eigenvalue weighted by atomic mass is 16.3. The van der Waals surface area contributed by atoms with Crippen molar-refractivity contribution in [2.24, 2.45) is 5.41 Å². The zero-order valence-electron chi connectivity index (χ0n) is 12.1. The Hall–Kier alpha value is -1.86. The van der Waals surface area contributed by atoms with Gasteiger partial charge in [0.2, 0.25) is 0 Å². The number of hydrogen-bond donors (Lipinski definition) is 2.